The van der Waals surface area contributed by atoms with Crippen LogP contribution in [-0.4, -0.2) is 50.7 Å². The average molecular weight is 329 g/mol. The molecule has 0 aromatic rings. The molecule has 1 unspecified atom stereocenters. The molecule has 0 aromatic heterocycles. The molecule has 6 saturated carbocycles. The van der Waals surface area contributed by atoms with Crippen LogP contribution in [0.4, 0.5) is 0 Å². The van der Waals surface area contributed by atoms with Crippen LogP contribution in [0, 0.1) is 39.9 Å². The molecule has 4 heteroatoms. The van der Waals surface area contributed by atoms with E-state index < -0.39 is 6.10 Å². The molecule has 9 aliphatic rings. The van der Waals surface area contributed by atoms with E-state index in [0.717, 1.165) is 31.3 Å². The van der Waals surface area contributed by atoms with Crippen molar-refractivity contribution in [3.8, 4) is 0 Å². The molecule has 2 spiro atoms. The molecule has 0 amide bonds. The lowest BCUT2D eigenvalue weighted by Crippen LogP contribution is -2.68. The van der Waals surface area contributed by atoms with E-state index in [9.17, 15) is 15.3 Å². The second kappa shape index (κ2) is 3.40. The number of aliphatic hydroxyl groups is 3. The van der Waals surface area contributed by atoms with Gasteiger partial charge in [-0.3, -0.25) is 4.90 Å². The maximum absolute atomic E-state index is 11.3. The Kier molecular flexibility index (Phi) is 1.95. The van der Waals surface area contributed by atoms with Gasteiger partial charge in [0.05, 0.1) is 12.2 Å². The summed E-state index contributed by atoms with van der Waals surface area (Å²) >= 11 is 0. The number of piperidine rings is 2. The van der Waals surface area contributed by atoms with Crippen LogP contribution in [0.2, 0.25) is 0 Å². The monoisotopic (exact) mass is 329 g/mol. The summed E-state index contributed by atoms with van der Waals surface area (Å²) in [5.74, 6) is 1.24. The molecular weight excluding hydrogens is 302 g/mol. The van der Waals surface area contributed by atoms with Crippen LogP contribution in [0.15, 0.2) is 12.2 Å². The lowest BCUT2D eigenvalue weighted by atomic mass is 9.39. The highest BCUT2D eigenvalue weighted by Gasteiger charge is 2.91. The van der Waals surface area contributed by atoms with Gasteiger partial charge < -0.3 is 15.3 Å². The second-order valence-electron chi connectivity index (χ2n) is 10.5. The SMILES string of the molecule is C=C1[C@H]2C[C@@H]3[C@H]4N5[C@@H](O)[C@]6(C)CCC[C@]47[C@H]([C@H]2O)[C@]3(C[C@H]5[C@H]67)[C@@H]1O. The van der Waals surface area contributed by atoms with Crippen LogP contribution >= 0.6 is 0 Å². The molecule has 0 radical (unpaired) electrons. The van der Waals surface area contributed by atoms with E-state index in [1.54, 1.807) is 0 Å². The van der Waals surface area contributed by atoms with E-state index in [4.69, 9.17) is 0 Å². The van der Waals surface area contributed by atoms with Crippen molar-refractivity contribution in [3.05, 3.63) is 12.2 Å². The van der Waals surface area contributed by atoms with Gasteiger partial charge in [-0.05, 0) is 48.5 Å². The molecule has 9 bridgehead atoms. The number of rotatable bonds is 0. The Morgan fingerprint density at radius 1 is 1.12 bits per heavy atom. The Morgan fingerprint density at radius 2 is 1.92 bits per heavy atom. The zero-order valence-corrected chi connectivity index (χ0v) is 14.2. The fraction of sp³-hybridized carbons (Fsp3) is 0.900. The Labute approximate surface area is 142 Å². The van der Waals surface area contributed by atoms with Crippen molar-refractivity contribution < 1.29 is 15.3 Å². The molecule has 6 aliphatic carbocycles. The Hall–Kier alpha value is -0.420. The van der Waals surface area contributed by atoms with Crippen molar-refractivity contribution in [1.29, 1.82) is 0 Å². The van der Waals surface area contributed by atoms with Crippen LogP contribution in [0.25, 0.3) is 0 Å². The highest BCUT2D eigenvalue weighted by atomic mass is 16.3. The van der Waals surface area contributed by atoms with Crippen molar-refractivity contribution in [1.82, 2.24) is 4.90 Å². The second-order valence-corrected chi connectivity index (χ2v) is 10.5. The highest BCUT2D eigenvalue weighted by Crippen LogP contribution is 2.87. The standard InChI is InChI=1S/C20H27NO3/c1-8-9-6-10-15-19-5-3-4-18(2)13(19)11(21(15)17(18)24)7-20(10,16(8)23)14(19)12(9)22/h9-17,22-24H,1,3-7H2,2H3/t9-,10-,11+,12+,13-,14+,15-,16-,17+,18-,19+,20-/m1/s1. The van der Waals surface area contributed by atoms with Crippen molar-refractivity contribution in [3.63, 3.8) is 0 Å². The summed E-state index contributed by atoms with van der Waals surface area (Å²) in [7, 11) is 0. The van der Waals surface area contributed by atoms with E-state index in [1.165, 1.54) is 6.42 Å². The molecule has 3 aliphatic heterocycles. The van der Waals surface area contributed by atoms with E-state index in [-0.39, 0.29) is 40.4 Å². The number of aliphatic hydroxyl groups excluding tert-OH is 3. The summed E-state index contributed by atoms with van der Waals surface area (Å²) in [5, 5.41) is 33.8. The van der Waals surface area contributed by atoms with E-state index in [2.05, 4.69) is 18.4 Å². The van der Waals surface area contributed by atoms with Crippen LogP contribution in [0.3, 0.4) is 0 Å². The predicted molar refractivity (Wildman–Crippen MR) is 86.6 cm³/mol. The summed E-state index contributed by atoms with van der Waals surface area (Å²) in [6.45, 7) is 6.49. The summed E-state index contributed by atoms with van der Waals surface area (Å²) in [6, 6.07) is 0.795. The predicted octanol–water partition coefficient (Wildman–Crippen LogP) is 1.11. The van der Waals surface area contributed by atoms with Gasteiger partial charge in [0.15, 0.2) is 0 Å². The molecule has 0 aromatic carbocycles. The largest absolute Gasteiger partial charge is 0.392 e. The molecule has 4 nitrogen and oxygen atoms in total. The third kappa shape index (κ3) is 0.903. The number of nitrogens with zero attached hydrogens (tertiary/aromatic N) is 1. The van der Waals surface area contributed by atoms with Crippen LogP contribution in [0.1, 0.15) is 39.0 Å². The minimum absolute atomic E-state index is 0.0145. The third-order valence-electron chi connectivity index (χ3n) is 10.5. The zero-order chi connectivity index (χ0) is 16.4. The van der Waals surface area contributed by atoms with Gasteiger partial charge in [0, 0.05) is 34.7 Å². The van der Waals surface area contributed by atoms with Gasteiger partial charge in [0.2, 0.25) is 0 Å². The molecule has 3 heterocycles. The number of fused-ring (bicyclic) bond motifs is 1. The quantitative estimate of drug-likeness (QED) is 0.583. The fourth-order valence-electron chi connectivity index (χ4n) is 10.5. The molecule has 9 fully saturated rings. The van der Waals surface area contributed by atoms with Crippen molar-refractivity contribution >= 4 is 0 Å². The molecule has 3 N–H and O–H groups in total. The summed E-state index contributed by atoms with van der Waals surface area (Å²) < 4.78 is 0. The van der Waals surface area contributed by atoms with Gasteiger partial charge in [0.1, 0.15) is 6.23 Å². The maximum Gasteiger partial charge on any atom is 0.113 e. The fourth-order valence-corrected chi connectivity index (χ4v) is 10.5. The first-order valence-corrected chi connectivity index (χ1v) is 9.91. The smallest absolute Gasteiger partial charge is 0.113 e. The lowest BCUT2D eigenvalue weighted by Gasteiger charge is -2.66. The van der Waals surface area contributed by atoms with Gasteiger partial charge in [-0.25, -0.2) is 0 Å². The lowest BCUT2D eigenvalue weighted by molar-refractivity contribution is -0.214. The first kappa shape index (κ1) is 13.7. The topological polar surface area (TPSA) is 63.9 Å². The minimum atomic E-state index is -0.439. The molecule has 3 saturated heterocycles. The summed E-state index contributed by atoms with van der Waals surface area (Å²) in [5.41, 5.74) is 0.861. The first-order chi connectivity index (χ1) is 11.4. The van der Waals surface area contributed by atoms with E-state index >= 15 is 0 Å². The van der Waals surface area contributed by atoms with Gasteiger partial charge in [-0.2, -0.15) is 0 Å². The highest BCUT2D eigenvalue weighted by molar-refractivity contribution is 5.44. The molecule has 130 valence electrons. The zero-order valence-electron chi connectivity index (χ0n) is 14.2. The van der Waals surface area contributed by atoms with Gasteiger partial charge >= 0.3 is 0 Å². The minimum Gasteiger partial charge on any atom is -0.392 e. The molecular formula is C20H27NO3. The van der Waals surface area contributed by atoms with Crippen molar-refractivity contribution in [2.24, 2.45) is 39.9 Å². The summed E-state index contributed by atoms with van der Waals surface area (Å²) in [4.78, 5) is 2.47. The third-order valence-corrected chi connectivity index (χ3v) is 10.5. The first-order valence-electron chi connectivity index (χ1n) is 9.91. The van der Waals surface area contributed by atoms with E-state index in [0.29, 0.717) is 23.9 Å². The molecule has 13 atom stereocenters. The average Bonchev–Trinajstić information content (AvgIpc) is 2.94. The van der Waals surface area contributed by atoms with Gasteiger partial charge in [-0.15, -0.1) is 0 Å². The Morgan fingerprint density at radius 3 is 2.71 bits per heavy atom. The van der Waals surface area contributed by atoms with Gasteiger partial charge in [-0.1, -0.05) is 19.9 Å². The molecule has 9 rings (SSSR count). The van der Waals surface area contributed by atoms with Gasteiger partial charge in [0.25, 0.3) is 0 Å². The van der Waals surface area contributed by atoms with Crippen molar-refractivity contribution in [2.45, 2.75) is 69.5 Å². The van der Waals surface area contributed by atoms with Crippen LogP contribution in [-0.2, 0) is 0 Å². The number of hydrogen-bond acceptors (Lipinski definition) is 4. The summed E-state index contributed by atoms with van der Waals surface area (Å²) in [6.07, 6.45) is 4.30. The Bertz CT molecular complexity index is 709. The van der Waals surface area contributed by atoms with E-state index in [1.807, 2.05) is 0 Å². The van der Waals surface area contributed by atoms with Crippen LogP contribution < -0.4 is 0 Å². The number of hydrogen-bond donors (Lipinski definition) is 3. The normalized spacial score (nSPS) is 76.1. The Balaban J connectivity index is 1.55. The van der Waals surface area contributed by atoms with Crippen LogP contribution in [0.5, 0.6) is 0 Å². The maximum atomic E-state index is 11.3. The van der Waals surface area contributed by atoms with Crippen molar-refractivity contribution in [2.75, 3.05) is 0 Å². The molecule has 24 heavy (non-hydrogen) atoms.